The third-order valence-electron chi connectivity index (χ3n) is 2.74. The van der Waals surface area contributed by atoms with Gasteiger partial charge in [-0.1, -0.05) is 0 Å². The highest BCUT2D eigenvalue weighted by molar-refractivity contribution is 5.91. The highest BCUT2D eigenvalue weighted by Crippen LogP contribution is 2.13. The smallest absolute Gasteiger partial charge is 0.285 e. The van der Waals surface area contributed by atoms with Gasteiger partial charge in [0.05, 0.1) is 6.33 Å². The second kappa shape index (κ2) is 4.02. The van der Waals surface area contributed by atoms with Crippen LogP contribution in [0.2, 0.25) is 0 Å². The Morgan fingerprint density at radius 3 is 3.00 bits per heavy atom. The van der Waals surface area contributed by atoms with Gasteiger partial charge in [-0.05, 0) is 19.8 Å². The summed E-state index contributed by atoms with van der Waals surface area (Å²) in [6.45, 7) is 3.05. The minimum atomic E-state index is -0.121. The number of hydrazine groups is 1. The van der Waals surface area contributed by atoms with Crippen LogP contribution in [0.25, 0.3) is 0 Å². The fraction of sp³-hybridized carbons (Fsp3) is 0.600. The summed E-state index contributed by atoms with van der Waals surface area (Å²) in [6, 6.07) is 0.428. The van der Waals surface area contributed by atoms with Gasteiger partial charge in [0.2, 0.25) is 0 Å². The van der Waals surface area contributed by atoms with Crippen LogP contribution in [0.4, 0.5) is 0 Å². The van der Waals surface area contributed by atoms with Crippen molar-refractivity contribution >= 4 is 5.91 Å². The van der Waals surface area contributed by atoms with Crippen molar-refractivity contribution in [3.63, 3.8) is 0 Å². The van der Waals surface area contributed by atoms with Gasteiger partial charge in [0.15, 0.2) is 0 Å². The van der Waals surface area contributed by atoms with E-state index in [1.807, 2.05) is 12.1 Å². The maximum Gasteiger partial charge on any atom is 0.285 e. The van der Waals surface area contributed by atoms with E-state index >= 15 is 0 Å². The summed E-state index contributed by atoms with van der Waals surface area (Å²) in [5.41, 5.74) is 3.35. The monoisotopic (exact) mass is 208 g/mol. The topological polar surface area (TPSA) is 50.2 Å². The van der Waals surface area contributed by atoms with Gasteiger partial charge in [-0.25, -0.2) is 9.99 Å². The zero-order valence-corrected chi connectivity index (χ0v) is 9.10. The van der Waals surface area contributed by atoms with Crippen molar-refractivity contribution in [2.75, 3.05) is 6.54 Å². The molecule has 1 aromatic rings. The maximum atomic E-state index is 11.7. The maximum absolute atomic E-state index is 11.7. The molecule has 0 aromatic carbocycles. The van der Waals surface area contributed by atoms with Crippen molar-refractivity contribution in [3.8, 4) is 0 Å². The highest BCUT2D eigenvalue weighted by atomic mass is 16.2. The normalized spacial score (nSPS) is 21.9. The SMILES string of the molecule is CC1CCCN1NC(=O)c1cn(C)cn1. The number of carbonyl (C=O) groups is 1. The quantitative estimate of drug-likeness (QED) is 0.772. The Morgan fingerprint density at radius 2 is 2.47 bits per heavy atom. The number of hydrogen-bond acceptors (Lipinski definition) is 3. The number of hydrogen-bond donors (Lipinski definition) is 1. The Morgan fingerprint density at radius 1 is 1.67 bits per heavy atom. The second-order valence-electron chi connectivity index (χ2n) is 4.05. The Hall–Kier alpha value is -1.36. The second-order valence-corrected chi connectivity index (χ2v) is 4.05. The number of nitrogens with one attached hydrogen (secondary N) is 1. The van der Waals surface area contributed by atoms with Gasteiger partial charge < -0.3 is 4.57 Å². The minimum Gasteiger partial charge on any atom is -0.340 e. The lowest BCUT2D eigenvalue weighted by Crippen LogP contribution is -2.44. The molecule has 15 heavy (non-hydrogen) atoms. The van der Waals surface area contributed by atoms with Crippen molar-refractivity contribution in [1.82, 2.24) is 20.0 Å². The number of nitrogens with zero attached hydrogens (tertiary/aromatic N) is 3. The van der Waals surface area contributed by atoms with E-state index in [9.17, 15) is 4.79 Å². The van der Waals surface area contributed by atoms with Crippen LogP contribution in [0, 0.1) is 0 Å². The Bertz CT molecular complexity index is 360. The van der Waals surface area contributed by atoms with Crippen molar-refractivity contribution in [3.05, 3.63) is 18.2 Å². The van der Waals surface area contributed by atoms with Crippen LogP contribution in [-0.4, -0.2) is 33.1 Å². The van der Waals surface area contributed by atoms with E-state index in [-0.39, 0.29) is 5.91 Å². The molecule has 1 atom stereocenters. The molecule has 82 valence electrons. The third-order valence-corrected chi connectivity index (χ3v) is 2.74. The number of carbonyl (C=O) groups excluding carboxylic acids is 1. The van der Waals surface area contributed by atoms with Gasteiger partial charge in [0, 0.05) is 25.8 Å². The predicted molar refractivity (Wildman–Crippen MR) is 56.1 cm³/mol. The van der Waals surface area contributed by atoms with E-state index in [0.29, 0.717) is 11.7 Å². The molecule has 0 radical (unpaired) electrons. The van der Waals surface area contributed by atoms with Crippen LogP contribution >= 0.6 is 0 Å². The molecule has 2 rings (SSSR count). The average molecular weight is 208 g/mol. The molecule has 1 aliphatic heterocycles. The molecule has 1 aliphatic rings. The number of rotatable bonds is 2. The first-order chi connectivity index (χ1) is 7.16. The number of aryl methyl sites for hydroxylation is 1. The summed E-state index contributed by atoms with van der Waals surface area (Å²) < 4.78 is 1.77. The Labute approximate surface area is 89.1 Å². The Kier molecular flexibility index (Phi) is 2.73. The lowest BCUT2D eigenvalue weighted by Gasteiger charge is -2.21. The van der Waals surface area contributed by atoms with Gasteiger partial charge in [-0.2, -0.15) is 0 Å². The van der Waals surface area contributed by atoms with Crippen LogP contribution in [0.1, 0.15) is 30.3 Å². The first kappa shape index (κ1) is 10.2. The van der Waals surface area contributed by atoms with Gasteiger partial charge in [0.1, 0.15) is 5.69 Å². The molecule has 0 saturated carbocycles. The molecule has 1 saturated heterocycles. The zero-order valence-electron chi connectivity index (χ0n) is 9.10. The number of aromatic nitrogens is 2. The van der Waals surface area contributed by atoms with Crippen LogP contribution < -0.4 is 5.43 Å². The van der Waals surface area contributed by atoms with E-state index < -0.39 is 0 Å². The highest BCUT2D eigenvalue weighted by Gasteiger charge is 2.22. The predicted octanol–water partition coefficient (Wildman–Crippen LogP) is 0.549. The van der Waals surface area contributed by atoms with Gasteiger partial charge in [-0.15, -0.1) is 0 Å². The molecule has 1 amide bonds. The molecule has 1 N–H and O–H groups in total. The molecular weight excluding hydrogens is 192 g/mol. The summed E-state index contributed by atoms with van der Waals surface area (Å²) in [5.74, 6) is -0.121. The van der Waals surface area contributed by atoms with Gasteiger partial charge in [0.25, 0.3) is 5.91 Å². The molecule has 0 aliphatic carbocycles. The molecule has 5 nitrogen and oxygen atoms in total. The summed E-state index contributed by atoms with van der Waals surface area (Å²) in [5, 5.41) is 1.98. The summed E-state index contributed by atoms with van der Waals surface area (Å²) in [4.78, 5) is 15.7. The minimum absolute atomic E-state index is 0.121. The Balaban J connectivity index is 1.97. The third kappa shape index (κ3) is 2.18. The average Bonchev–Trinajstić information content (AvgIpc) is 2.77. The van der Waals surface area contributed by atoms with Crippen LogP contribution in [0.15, 0.2) is 12.5 Å². The molecule has 5 heteroatoms. The number of amides is 1. The number of imidazole rings is 1. The fourth-order valence-corrected chi connectivity index (χ4v) is 1.82. The molecular formula is C10H16N4O. The van der Waals surface area contributed by atoms with Crippen molar-refractivity contribution in [1.29, 1.82) is 0 Å². The van der Waals surface area contributed by atoms with E-state index in [1.165, 1.54) is 0 Å². The van der Waals surface area contributed by atoms with Crippen LogP contribution in [0.3, 0.4) is 0 Å². The molecule has 2 heterocycles. The van der Waals surface area contributed by atoms with Crippen molar-refractivity contribution in [2.24, 2.45) is 7.05 Å². The van der Waals surface area contributed by atoms with E-state index in [2.05, 4.69) is 17.3 Å². The summed E-state index contributed by atoms with van der Waals surface area (Å²) in [6.07, 6.45) is 5.63. The first-order valence-electron chi connectivity index (χ1n) is 5.22. The van der Waals surface area contributed by atoms with Crippen LogP contribution in [-0.2, 0) is 7.05 Å². The largest absolute Gasteiger partial charge is 0.340 e. The standard InChI is InChI=1S/C10H16N4O/c1-8-4-3-5-14(8)12-10(15)9-6-13(2)7-11-9/h6-8H,3-5H2,1-2H3,(H,12,15). The van der Waals surface area contributed by atoms with E-state index in [1.54, 1.807) is 17.1 Å². The molecule has 1 unspecified atom stereocenters. The van der Waals surface area contributed by atoms with Crippen molar-refractivity contribution in [2.45, 2.75) is 25.8 Å². The summed E-state index contributed by atoms with van der Waals surface area (Å²) in [7, 11) is 1.85. The lowest BCUT2D eigenvalue weighted by molar-refractivity contribution is 0.0772. The molecule has 1 fully saturated rings. The molecule has 0 bridgehead atoms. The molecule has 1 aromatic heterocycles. The lowest BCUT2D eigenvalue weighted by atomic mass is 10.3. The van der Waals surface area contributed by atoms with Crippen molar-refractivity contribution < 1.29 is 4.79 Å². The van der Waals surface area contributed by atoms with Gasteiger partial charge >= 0.3 is 0 Å². The first-order valence-corrected chi connectivity index (χ1v) is 5.22. The molecule has 0 spiro atoms. The van der Waals surface area contributed by atoms with Gasteiger partial charge in [-0.3, -0.25) is 10.2 Å². The zero-order chi connectivity index (χ0) is 10.8. The van der Waals surface area contributed by atoms with E-state index in [0.717, 1.165) is 19.4 Å². The van der Waals surface area contributed by atoms with Crippen LogP contribution in [0.5, 0.6) is 0 Å². The summed E-state index contributed by atoms with van der Waals surface area (Å²) >= 11 is 0. The fourth-order valence-electron chi connectivity index (χ4n) is 1.82. The van der Waals surface area contributed by atoms with E-state index in [4.69, 9.17) is 0 Å².